The summed E-state index contributed by atoms with van der Waals surface area (Å²) in [5.41, 5.74) is 1.21. The van der Waals surface area contributed by atoms with Crippen LogP contribution in [0.4, 0.5) is 4.39 Å². The van der Waals surface area contributed by atoms with Gasteiger partial charge in [0.15, 0.2) is 0 Å². The summed E-state index contributed by atoms with van der Waals surface area (Å²) in [6.45, 7) is 2.04. The summed E-state index contributed by atoms with van der Waals surface area (Å²) < 4.78 is 19.0. The van der Waals surface area contributed by atoms with Gasteiger partial charge < -0.3 is 14.4 Å². The zero-order valence-corrected chi connectivity index (χ0v) is 16.3. The molecule has 0 radical (unpaired) electrons. The molecule has 6 heteroatoms. The Kier molecular flexibility index (Phi) is 5.23. The number of carbonyl (C=O) groups excluding carboxylic acids is 2. The standard InChI is InChI=1S/C24H20FNO4/c1-15-7-12-19(30-15)21-20(22(27)17-8-10-18(25)11-9-17)23(28)24(29)26(21)14-13-16-5-3-2-4-6-16/h2-12,21,27H,13-14H2,1H3. The van der Waals surface area contributed by atoms with E-state index in [2.05, 4.69) is 0 Å². The monoisotopic (exact) mass is 405 g/mol. The number of amides is 1. The number of furan rings is 1. The SMILES string of the molecule is Cc1ccc(C2C(=C(O)c3ccc(F)cc3)C(=O)C(=O)N2CCc2ccccc2)o1. The maximum absolute atomic E-state index is 13.3. The molecule has 3 aromatic rings. The highest BCUT2D eigenvalue weighted by Gasteiger charge is 2.47. The molecule has 1 atom stereocenters. The highest BCUT2D eigenvalue weighted by Crippen LogP contribution is 2.40. The Labute approximate surface area is 173 Å². The number of hydrogen-bond donors (Lipinski definition) is 1. The van der Waals surface area contributed by atoms with Crippen LogP contribution >= 0.6 is 0 Å². The molecule has 1 fully saturated rings. The number of hydrogen-bond acceptors (Lipinski definition) is 4. The number of aliphatic hydroxyl groups excluding tert-OH is 1. The quantitative estimate of drug-likeness (QED) is 0.388. The lowest BCUT2D eigenvalue weighted by atomic mass is 9.99. The van der Waals surface area contributed by atoms with Crippen molar-refractivity contribution in [2.45, 2.75) is 19.4 Å². The number of likely N-dealkylation sites (tertiary alicyclic amines) is 1. The molecule has 4 rings (SSSR count). The Balaban J connectivity index is 1.76. The Hall–Kier alpha value is -3.67. The largest absolute Gasteiger partial charge is 0.507 e. The molecule has 1 aliphatic rings. The molecule has 1 unspecified atom stereocenters. The van der Waals surface area contributed by atoms with Gasteiger partial charge in [0.1, 0.15) is 29.1 Å². The van der Waals surface area contributed by atoms with E-state index >= 15 is 0 Å². The first kappa shape index (κ1) is 19.6. The fourth-order valence-corrected chi connectivity index (χ4v) is 3.66. The summed E-state index contributed by atoms with van der Waals surface area (Å²) in [5.74, 6) is -1.29. The normalized spacial score (nSPS) is 18.2. The van der Waals surface area contributed by atoms with E-state index in [1.54, 1.807) is 19.1 Å². The lowest BCUT2D eigenvalue weighted by Crippen LogP contribution is -2.31. The molecule has 1 aromatic heterocycles. The minimum absolute atomic E-state index is 0.0611. The van der Waals surface area contributed by atoms with E-state index in [0.29, 0.717) is 17.9 Å². The highest BCUT2D eigenvalue weighted by molar-refractivity contribution is 6.46. The van der Waals surface area contributed by atoms with E-state index < -0.39 is 23.5 Å². The second kappa shape index (κ2) is 7.99. The molecular formula is C24H20FNO4. The average Bonchev–Trinajstić information content (AvgIpc) is 3.28. The van der Waals surface area contributed by atoms with Crippen LogP contribution in [0, 0.1) is 12.7 Å². The molecule has 5 nitrogen and oxygen atoms in total. The predicted octanol–water partition coefficient (Wildman–Crippen LogP) is 4.39. The summed E-state index contributed by atoms with van der Waals surface area (Å²) in [5, 5.41) is 10.9. The molecular weight excluding hydrogens is 385 g/mol. The molecule has 1 saturated heterocycles. The van der Waals surface area contributed by atoms with E-state index in [-0.39, 0.29) is 23.4 Å². The van der Waals surface area contributed by atoms with Crippen molar-refractivity contribution >= 4 is 17.4 Å². The second-order valence-corrected chi connectivity index (χ2v) is 7.18. The first-order chi connectivity index (χ1) is 14.5. The van der Waals surface area contributed by atoms with Crippen molar-refractivity contribution in [1.82, 2.24) is 4.90 Å². The van der Waals surface area contributed by atoms with Crippen molar-refractivity contribution in [1.29, 1.82) is 0 Å². The van der Waals surface area contributed by atoms with Crippen LogP contribution in [0.2, 0.25) is 0 Å². The Morgan fingerprint density at radius 2 is 1.73 bits per heavy atom. The Morgan fingerprint density at radius 3 is 2.37 bits per heavy atom. The van der Waals surface area contributed by atoms with Crippen molar-refractivity contribution in [3.05, 3.63) is 101 Å². The molecule has 1 N–H and O–H groups in total. The van der Waals surface area contributed by atoms with Crippen LogP contribution < -0.4 is 0 Å². The second-order valence-electron chi connectivity index (χ2n) is 7.18. The van der Waals surface area contributed by atoms with Crippen molar-refractivity contribution in [2.24, 2.45) is 0 Å². The van der Waals surface area contributed by atoms with Crippen LogP contribution in [-0.2, 0) is 16.0 Å². The summed E-state index contributed by atoms with van der Waals surface area (Å²) in [4.78, 5) is 27.1. The third-order valence-electron chi connectivity index (χ3n) is 5.17. The van der Waals surface area contributed by atoms with E-state index in [1.807, 2.05) is 30.3 Å². The van der Waals surface area contributed by atoms with Crippen LogP contribution in [0.3, 0.4) is 0 Å². The summed E-state index contributed by atoms with van der Waals surface area (Å²) >= 11 is 0. The fraction of sp³-hybridized carbons (Fsp3) is 0.167. The number of Topliss-reactive ketones (excluding diaryl/α,β-unsaturated/α-hetero) is 1. The molecule has 2 heterocycles. The fourth-order valence-electron chi connectivity index (χ4n) is 3.66. The summed E-state index contributed by atoms with van der Waals surface area (Å²) in [6.07, 6.45) is 0.542. The van der Waals surface area contributed by atoms with Gasteiger partial charge in [-0.05, 0) is 55.3 Å². The molecule has 2 aromatic carbocycles. The molecule has 1 aliphatic heterocycles. The third kappa shape index (κ3) is 3.64. The van der Waals surface area contributed by atoms with Gasteiger partial charge in [0.05, 0.1) is 5.57 Å². The van der Waals surface area contributed by atoms with Gasteiger partial charge in [0.2, 0.25) is 0 Å². The number of nitrogens with zero attached hydrogens (tertiary/aromatic N) is 1. The predicted molar refractivity (Wildman–Crippen MR) is 109 cm³/mol. The zero-order valence-electron chi connectivity index (χ0n) is 16.3. The van der Waals surface area contributed by atoms with Gasteiger partial charge in [0, 0.05) is 12.1 Å². The number of aliphatic hydroxyl groups is 1. The van der Waals surface area contributed by atoms with E-state index in [0.717, 1.165) is 5.56 Å². The first-order valence-corrected chi connectivity index (χ1v) is 9.60. The number of aryl methyl sites for hydroxylation is 1. The van der Waals surface area contributed by atoms with Crippen molar-refractivity contribution in [3.63, 3.8) is 0 Å². The maximum Gasteiger partial charge on any atom is 0.295 e. The molecule has 0 spiro atoms. The van der Waals surface area contributed by atoms with E-state index in [4.69, 9.17) is 4.42 Å². The van der Waals surface area contributed by atoms with Crippen LogP contribution in [0.1, 0.15) is 28.7 Å². The van der Waals surface area contributed by atoms with Gasteiger partial charge in [-0.15, -0.1) is 0 Å². The van der Waals surface area contributed by atoms with E-state index in [9.17, 15) is 19.1 Å². The molecule has 0 bridgehead atoms. The minimum atomic E-state index is -0.854. The van der Waals surface area contributed by atoms with Crippen LogP contribution in [0.5, 0.6) is 0 Å². The maximum atomic E-state index is 13.3. The van der Waals surface area contributed by atoms with Crippen LogP contribution in [-0.4, -0.2) is 28.2 Å². The number of ketones is 1. The van der Waals surface area contributed by atoms with Crippen molar-refractivity contribution in [3.8, 4) is 0 Å². The van der Waals surface area contributed by atoms with Gasteiger partial charge in [0.25, 0.3) is 11.7 Å². The first-order valence-electron chi connectivity index (χ1n) is 9.60. The number of benzene rings is 2. The Bertz CT molecular complexity index is 1120. The highest BCUT2D eigenvalue weighted by atomic mass is 19.1. The molecule has 1 amide bonds. The minimum Gasteiger partial charge on any atom is -0.507 e. The van der Waals surface area contributed by atoms with Gasteiger partial charge in [-0.3, -0.25) is 9.59 Å². The molecule has 152 valence electrons. The third-order valence-corrected chi connectivity index (χ3v) is 5.17. The van der Waals surface area contributed by atoms with Gasteiger partial charge in [-0.1, -0.05) is 30.3 Å². The average molecular weight is 405 g/mol. The van der Waals surface area contributed by atoms with Gasteiger partial charge in [-0.25, -0.2) is 4.39 Å². The molecule has 30 heavy (non-hydrogen) atoms. The van der Waals surface area contributed by atoms with Crippen molar-refractivity contribution in [2.75, 3.05) is 6.54 Å². The lowest BCUT2D eigenvalue weighted by molar-refractivity contribution is -0.140. The molecule has 0 saturated carbocycles. The van der Waals surface area contributed by atoms with Gasteiger partial charge in [-0.2, -0.15) is 0 Å². The van der Waals surface area contributed by atoms with Crippen LogP contribution in [0.15, 0.2) is 76.7 Å². The summed E-state index contributed by atoms with van der Waals surface area (Å²) in [7, 11) is 0. The number of halogens is 1. The van der Waals surface area contributed by atoms with Crippen molar-refractivity contribution < 1.29 is 23.5 Å². The topological polar surface area (TPSA) is 70.8 Å². The zero-order chi connectivity index (χ0) is 21.3. The summed E-state index contributed by atoms with van der Waals surface area (Å²) in [6, 6.07) is 17.3. The molecule has 0 aliphatic carbocycles. The Morgan fingerprint density at radius 1 is 1.03 bits per heavy atom. The van der Waals surface area contributed by atoms with Crippen LogP contribution in [0.25, 0.3) is 5.76 Å². The number of rotatable bonds is 5. The van der Waals surface area contributed by atoms with E-state index in [1.165, 1.54) is 29.2 Å². The van der Waals surface area contributed by atoms with Gasteiger partial charge >= 0.3 is 0 Å². The lowest BCUT2D eigenvalue weighted by Gasteiger charge is -2.23. The number of carbonyl (C=O) groups is 2. The smallest absolute Gasteiger partial charge is 0.295 e.